The van der Waals surface area contributed by atoms with Gasteiger partial charge in [-0.1, -0.05) is 35.9 Å². The molecule has 2 aromatic rings. The Hall–Kier alpha value is -1.65. The van der Waals surface area contributed by atoms with E-state index in [9.17, 15) is 4.79 Å². The van der Waals surface area contributed by atoms with E-state index in [0.29, 0.717) is 23.9 Å². The van der Waals surface area contributed by atoms with Gasteiger partial charge in [-0.2, -0.15) is 0 Å². The first kappa shape index (κ1) is 15.7. The number of methoxy groups -OCH3 is 1. The summed E-state index contributed by atoms with van der Waals surface area (Å²) >= 11 is 6.10. The number of ether oxygens (including phenoxy) is 1. The van der Waals surface area contributed by atoms with Crippen LogP contribution in [0.5, 0.6) is 0 Å². The van der Waals surface area contributed by atoms with Gasteiger partial charge in [0.2, 0.25) is 0 Å². The zero-order chi connectivity index (χ0) is 15.4. The summed E-state index contributed by atoms with van der Waals surface area (Å²) in [5, 5.41) is 2.03. The van der Waals surface area contributed by atoms with Gasteiger partial charge < -0.3 is 9.64 Å². The van der Waals surface area contributed by atoms with Crippen LogP contribution in [0.15, 0.2) is 30.5 Å². The molecule has 21 heavy (non-hydrogen) atoms. The van der Waals surface area contributed by atoms with Crippen molar-refractivity contribution in [1.82, 2.24) is 9.88 Å². The van der Waals surface area contributed by atoms with E-state index in [1.807, 2.05) is 38.1 Å². The second-order valence-electron chi connectivity index (χ2n) is 5.09. The molecule has 5 heteroatoms. The fourth-order valence-electron chi connectivity index (χ4n) is 2.27. The SMILES string of the molecule is COCCN(C(=O)c1cnc(Cl)c2ccccc12)C(C)C. The third-order valence-electron chi connectivity index (χ3n) is 3.40. The number of hydrogen-bond donors (Lipinski definition) is 0. The second-order valence-corrected chi connectivity index (χ2v) is 5.45. The monoisotopic (exact) mass is 306 g/mol. The number of amides is 1. The first-order valence-electron chi connectivity index (χ1n) is 6.89. The quantitative estimate of drug-likeness (QED) is 0.795. The summed E-state index contributed by atoms with van der Waals surface area (Å²) in [7, 11) is 1.63. The van der Waals surface area contributed by atoms with Crippen molar-refractivity contribution in [3.05, 3.63) is 41.2 Å². The number of carbonyl (C=O) groups is 1. The highest BCUT2D eigenvalue weighted by Crippen LogP contribution is 2.25. The molecule has 0 fully saturated rings. The van der Waals surface area contributed by atoms with Crippen LogP contribution in [0, 0.1) is 0 Å². The third kappa shape index (κ3) is 3.34. The molecule has 0 N–H and O–H groups in total. The van der Waals surface area contributed by atoms with Crippen LogP contribution in [0.25, 0.3) is 10.8 Å². The molecule has 0 spiro atoms. The maximum absolute atomic E-state index is 12.8. The lowest BCUT2D eigenvalue weighted by Crippen LogP contribution is -2.39. The van der Waals surface area contributed by atoms with E-state index in [1.54, 1.807) is 18.2 Å². The third-order valence-corrected chi connectivity index (χ3v) is 3.70. The van der Waals surface area contributed by atoms with Gasteiger partial charge in [0, 0.05) is 31.3 Å². The van der Waals surface area contributed by atoms with Crippen molar-refractivity contribution in [2.24, 2.45) is 0 Å². The van der Waals surface area contributed by atoms with Gasteiger partial charge in [0.1, 0.15) is 5.15 Å². The van der Waals surface area contributed by atoms with Crippen LogP contribution < -0.4 is 0 Å². The Morgan fingerprint density at radius 2 is 2.00 bits per heavy atom. The van der Waals surface area contributed by atoms with E-state index in [0.717, 1.165) is 10.8 Å². The number of pyridine rings is 1. The number of aromatic nitrogens is 1. The molecule has 0 bridgehead atoms. The lowest BCUT2D eigenvalue weighted by Gasteiger charge is -2.27. The maximum Gasteiger partial charge on any atom is 0.256 e. The highest BCUT2D eigenvalue weighted by Gasteiger charge is 2.21. The minimum absolute atomic E-state index is 0.0533. The predicted molar refractivity (Wildman–Crippen MR) is 84.8 cm³/mol. The second kappa shape index (κ2) is 6.87. The maximum atomic E-state index is 12.8. The fourth-order valence-corrected chi connectivity index (χ4v) is 2.48. The van der Waals surface area contributed by atoms with Gasteiger partial charge in [-0.25, -0.2) is 4.98 Å². The number of nitrogens with zero attached hydrogens (tertiary/aromatic N) is 2. The number of carbonyl (C=O) groups excluding carboxylic acids is 1. The molecular weight excluding hydrogens is 288 g/mol. The van der Waals surface area contributed by atoms with Crippen LogP contribution in [0.4, 0.5) is 0 Å². The fraction of sp³-hybridized carbons (Fsp3) is 0.375. The molecule has 0 saturated carbocycles. The van der Waals surface area contributed by atoms with Crippen molar-refractivity contribution in [2.45, 2.75) is 19.9 Å². The Labute approximate surface area is 129 Å². The van der Waals surface area contributed by atoms with Crippen molar-refractivity contribution in [2.75, 3.05) is 20.3 Å². The van der Waals surface area contributed by atoms with Crippen LogP contribution >= 0.6 is 11.6 Å². The van der Waals surface area contributed by atoms with Gasteiger partial charge in [-0.05, 0) is 19.2 Å². The van der Waals surface area contributed by atoms with Crippen molar-refractivity contribution >= 4 is 28.3 Å². The standard InChI is InChI=1S/C16H19ClN2O2/c1-11(2)19(8-9-21-3)16(20)14-10-18-15(17)13-7-5-4-6-12(13)14/h4-7,10-11H,8-9H2,1-3H3. The Bertz CT molecular complexity index is 643. The summed E-state index contributed by atoms with van der Waals surface area (Å²) in [5.74, 6) is -0.0533. The minimum Gasteiger partial charge on any atom is -0.383 e. The number of rotatable bonds is 5. The Morgan fingerprint density at radius 1 is 1.33 bits per heavy atom. The Balaban J connectivity index is 2.45. The first-order chi connectivity index (χ1) is 10.1. The number of halogens is 1. The zero-order valence-electron chi connectivity index (χ0n) is 12.5. The van der Waals surface area contributed by atoms with Crippen molar-refractivity contribution in [3.8, 4) is 0 Å². The van der Waals surface area contributed by atoms with Crippen molar-refractivity contribution in [3.63, 3.8) is 0 Å². The molecule has 0 unspecified atom stereocenters. The molecule has 1 heterocycles. The average molecular weight is 307 g/mol. The van der Waals surface area contributed by atoms with E-state index in [1.165, 1.54) is 0 Å². The normalized spacial score (nSPS) is 11.1. The van der Waals surface area contributed by atoms with Crippen LogP contribution in [0.1, 0.15) is 24.2 Å². The molecule has 0 atom stereocenters. The van der Waals surface area contributed by atoms with E-state index in [2.05, 4.69) is 4.98 Å². The molecule has 0 saturated heterocycles. The summed E-state index contributed by atoms with van der Waals surface area (Å²) in [6.45, 7) is 5.02. The molecule has 1 amide bonds. The van der Waals surface area contributed by atoms with Gasteiger partial charge >= 0.3 is 0 Å². The lowest BCUT2D eigenvalue weighted by molar-refractivity contribution is 0.0636. The summed E-state index contributed by atoms with van der Waals surface area (Å²) in [6, 6.07) is 7.63. The first-order valence-corrected chi connectivity index (χ1v) is 7.27. The number of fused-ring (bicyclic) bond motifs is 1. The van der Waals surface area contributed by atoms with Crippen LogP contribution in [0.2, 0.25) is 5.15 Å². The van der Waals surface area contributed by atoms with Gasteiger partial charge in [0.15, 0.2) is 0 Å². The summed E-state index contributed by atoms with van der Waals surface area (Å²) < 4.78 is 5.08. The van der Waals surface area contributed by atoms with Gasteiger partial charge in [0.25, 0.3) is 5.91 Å². The number of benzene rings is 1. The van der Waals surface area contributed by atoms with E-state index >= 15 is 0 Å². The highest BCUT2D eigenvalue weighted by molar-refractivity contribution is 6.34. The van der Waals surface area contributed by atoms with E-state index in [-0.39, 0.29) is 11.9 Å². The van der Waals surface area contributed by atoms with Crippen LogP contribution in [-0.2, 0) is 4.74 Å². The smallest absolute Gasteiger partial charge is 0.256 e. The average Bonchev–Trinajstić information content (AvgIpc) is 2.48. The van der Waals surface area contributed by atoms with Crippen molar-refractivity contribution < 1.29 is 9.53 Å². The summed E-state index contributed by atoms with van der Waals surface area (Å²) in [4.78, 5) is 18.7. The molecule has 0 radical (unpaired) electrons. The molecule has 1 aromatic heterocycles. The molecule has 0 aliphatic heterocycles. The topological polar surface area (TPSA) is 42.4 Å². The number of hydrogen-bond acceptors (Lipinski definition) is 3. The van der Waals surface area contributed by atoms with Crippen molar-refractivity contribution in [1.29, 1.82) is 0 Å². The summed E-state index contributed by atoms with van der Waals surface area (Å²) in [5.41, 5.74) is 0.569. The van der Waals surface area contributed by atoms with E-state index < -0.39 is 0 Å². The molecule has 2 rings (SSSR count). The molecule has 1 aromatic carbocycles. The van der Waals surface area contributed by atoms with Crippen LogP contribution in [-0.4, -0.2) is 42.1 Å². The molecule has 0 aliphatic rings. The predicted octanol–water partition coefficient (Wildman–Crippen LogP) is 3.39. The van der Waals surface area contributed by atoms with Crippen LogP contribution in [0.3, 0.4) is 0 Å². The van der Waals surface area contributed by atoms with Gasteiger partial charge in [0.05, 0.1) is 12.2 Å². The highest BCUT2D eigenvalue weighted by atomic mass is 35.5. The molecule has 112 valence electrons. The van der Waals surface area contributed by atoms with Gasteiger partial charge in [-0.15, -0.1) is 0 Å². The zero-order valence-corrected chi connectivity index (χ0v) is 13.2. The van der Waals surface area contributed by atoms with Gasteiger partial charge in [-0.3, -0.25) is 4.79 Å². The Kier molecular flexibility index (Phi) is 5.15. The Morgan fingerprint density at radius 3 is 2.62 bits per heavy atom. The molecular formula is C16H19ClN2O2. The largest absolute Gasteiger partial charge is 0.383 e. The lowest BCUT2D eigenvalue weighted by atomic mass is 10.1. The molecule has 4 nitrogen and oxygen atoms in total. The van der Waals surface area contributed by atoms with E-state index in [4.69, 9.17) is 16.3 Å². The molecule has 0 aliphatic carbocycles. The summed E-state index contributed by atoms with van der Waals surface area (Å²) in [6.07, 6.45) is 1.55. The minimum atomic E-state index is -0.0533.